The van der Waals surface area contributed by atoms with Crippen molar-refractivity contribution in [3.05, 3.63) is 0 Å². The Labute approximate surface area is 151 Å². The molecule has 0 aromatic rings. The molecule has 1 fully saturated rings. The van der Waals surface area contributed by atoms with Crippen molar-refractivity contribution < 1.29 is 19.1 Å². The van der Waals surface area contributed by atoms with Gasteiger partial charge in [0.15, 0.2) is 0 Å². The van der Waals surface area contributed by atoms with E-state index in [4.69, 9.17) is 9.47 Å². The molecular formula is C18H35N3O4. The normalized spacial score (nSPS) is 16.5. The number of amides is 2. The van der Waals surface area contributed by atoms with Crippen LogP contribution in [0, 0.1) is 0 Å². The fraction of sp³-hybridized carbons (Fsp3) is 0.889. The van der Waals surface area contributed by atoms with E-state index in [9.17, 15) is 9.59 Å². The first-order valence-electron chi connectivity index (χ1n) is 9.18. The molecule has 0 spiro atoms. The molecule has 0 aromatic carbocycles. The van der Waals surface area contributed by atoms with E-state index in [0.29, 0.717) is 12.6 Å². The minimum atomic E-state index is -0.495. The van der Waals surface area contributed by atoms with Gasteiger partial charge in [0.1, 0.15) is 5.60 Å². The summed E-state index contributed by atoms with van der Waals surface area (Å²) in [5, 5.41) is 6.44. The van der Waals surface area contributed by atoms with E-state index < -0.39 is 5.60 Å². The number of nitrogens with one attached hydrogen (secondary N) is 2. The summed E-state index contributed by atoms with van der Waals surface area (Å²) in [5.41, 5.74) is -0.841. The van der Waals surface area contributed by atoms with Gasteiger partial charge in [-0.2, -0.15) is 0 Å². The Kier molecular flexibility index (Phi) is 7.99. The Balaban J connectivity index is 2.26. The van der Waals surface area contributed by atoms with Gasteiger partial charge in [0, 0.05) is 24.7 Å². The summed E-state index contributed by atoms with van der Waals surface area (Å²) in [6.45, 7) is 14.0. The Morgan fingerprint density at radius 1 is 1.12 bits per heavy atom. The maximum atomic E-state index is 11.9. The Morgan fingerprint density at radius 2 is 1.72 bits per heavy atom. The highest BCUT2D eigenvalue weighted by molar-refractivity contribution is 5.68. The molecule has 25 heavy (non-hydrogen) atoms. The molecule has 0 bridgehead atoms. The summed E-state index contributed by atoms with van der Waals surface area (Å²) in [6.07, 6.45) is 2.02. The van der Waals surface area contributed by atoms with Gasteiger partial charge in [-0.05, 0) is 67.3 Å². The fourth-order valence-electron chi connectivity index (χ4n) is 2.71. The molecule has 0 atom stereocenters. The molecule has 1 heterocycles. The predicted octanol–water partition coefficient (Wildman–Crippen LogP) is 2.89. The van der Waals surface area contributed by atoms with Crippen LogP contribution in [-0.2, 0) is 9.47 Å². The third-order valence-corrected chi connectivity index (χ3v) is 4.04. The van der Waals surface area contributed by atoms with E-state index in [1.165, 1.54) is 0 Å². The maximum absolute atomic E-state index is 11.9. The van der Waals surface area contributed by atoms with E-state index in [-0.39, 0.29) is 17.7 Å². The first-order valence-corrected chi connectivity index (χ1v) is 9.18. The molecule has 7 heteroatoms. The van der Waals surface area contributed by atoms with Gasteiger partial charge >= 0.3 is 12.2 Å². The minimum absolute atomic E-state index is 0.219. The third-order valence-electron chi connectivity index (χ3n) is 4.04. The molecule has 1 rings (SSSR count). The van der Waals surface area contributed by atoms with Crippen molar-refractivity contribution in [3.63, 3.8) is 0 Å². The number of carbonyl (C=O) groups is 2. The standard InChI is InChI=1S/C18H35N3O4/c1-7-24-16(23)21-12-8-14(9-13-21)19-11-10-18(5,6)20-15(22)25-17(2,3)4/h14,19H,7-13H2,1-6H3,(H,20,22). The molecule has 146 valence electrons. The molecule has 1 saturated heterocycles. The van der Waals surface area contributed by atoms with E-state index in [2.05, 4.69) is 10.6 Å². The van der Waals surface area contributed by atoms with Gasteiger partial charge in [-0.15, -0.1) is 0 Å². The van der Waals surface area contributed by atoms with Crippen molar-refractivity contribution in [2.45, 2.75) is 78.0 Å². The van der Waals surface area contributed by atoms with Crippen LogP contribution in [0.2, 0.25) is 0 Å². The number of hydrogen-bond acceptors (Lipinski definition) is 5. The maximum Gasteiger partial charge on any atom is 0.409 e. The van der Waals surface area contributed by atoms with Gasteiger partial charge < -0.3 is 25.0 Å². The summed E-state index contributed by atoms with van der Waals surface area (Å²) >= 11 is 0. The van der Waals surface area contributed by atoms with Crippen LogP contribution in [0.4, 0.5) is 9.59 Å². The molecule has 0 saturated carbocycles. The molecular weight excluding hydrogens is 322 g/mol. The lowest BCUT2D eigenvalue weighted by Crippen LogP contribution is -2.49. The third kappa shape index (κ3) is 8.95. The van der Waals surface area contributed by atoms with Crippen LogP contribution in [0.5, 0.6) is 0 Å². The minimum Gasteiger partial charge on any atom is -0.450 e. The second-order valence-corrected chi connectivity index (χ2v) is 8.18. The number of rotatable bonds is 6. The van der Waals surface area contributed by atoms with Crippen LogP contribution in [0.1, 0.15) is 60.8 Å². The van der Waals surface area contributed by atoms with Crippen LogP contribution < -0.4 is 10.6 Å². The van der Waals surface area contributed by atoms with Crippen molar-refractivity contribution >= 4 is 12.2 Å². The topological polar surface area (TPSA) is 79.9 Å². The van der Waals surface area contributed by atoms with Crippen molar-refractivity contribution in [1.29, 1.82) is 0 Å². The predicted molar refractivity (Wildman–Crippen MR) is 97.7 cm³/mol. The van der Waals surface area contributed by atoms with Gasteiger partial charge in [-0.1, -0.05) is 0 Å². The molecule has 7 nitrogen and oxygen atoms in total. The van der Waals surface area contributed by atoms with Gasteiger partial charge in [0.25, 0.3) is 0 Å². The van der Waals surface area contributed by atoms with Crippen molar-refractivity contribution in [3.8, 4) is 0 Å². The zero-order chi connectivity index (χ0) is 19.1. The molecule has 0 aromatic heterocycles. The second-order valence-electron chi connectivity index (χ2n) is 8.18. The molecule has 0 aliphatic carbocycles. The van der Waals surface area contributed by atoms with E-state index in [1.807, 2.05) is 41.5 Å². The first kappa shape index (κ1) is 21.5. The van der Waals surface area contributed by atoms with Gasteiger partial charge in [-0.3, -0.25) is 0 Å². The molecule has 2 N–H and O–H groups in total. The van der Waals surface area contributed by atoms with E-state index in [1.54, 1.807) is 4.90 Å². The molecule has 1 aliphatic heterocycles. The highest BCUT2D eigenvalue weighted by Crippen LogP contribution is 2.14. The van der Waals surface area contributed by atoms with E-state index in [0.717, 1.165) is 38.9 Å². The number of ether oxygens (including phenoxy) is 2. The largest absolute Gasteiger partial charge is 0.450 e. The monoisotopic (exact) mass is 357 g/mol. The number of likely N-dealkylation sites (tertiary alicyclic amines) is 1. The summed E-state index contributed by atoms with van der Waals surface area (Å²) in [4.78, 5) is 25.3. The summed E-state index contributed by atoms with van der Waals surface area (Å²) in [6, 6.07) is 0.392. The first-order chi connectivity index (χ1) is 11.5. The fourth-order valence-corrected chi connectivity index (χ4v) is 2.71. The van der Waals surface area contributed by atoms with Gasteiger partial charge in [-0.25, -0.2) is 9.59 Å². The van der Waals surface area contributed by atoms with Crippen LogP contribution in [0.25, 0.3) is 0 Å². The zero-order valence-electron chi connectivity index (χ0n) is 16.6. The van der Waals surface area contributed by atoms with E-state index >= 15 is 0 Å². The zero-order valence-corrected chi connectivity index (χ0v) is 16.6. The highest BCUT2D eigenvalue weighted by atomic mass is 16.6. The van der Waals surface area contributed by atoms with Crippen LogP contribution in [0.15, 0.2) is 0 Å². The molecule has 0 unspecified atom stereocenters. The highest BCUT2D eigenvalue weighted by Gasteiger charge is 2.26. The summed E-state index contributed by atoms with van der Waals surface area (Å²) < 4.78 is 10.3. The Bertz CT molecular complexity index is 438. The van der Waals surface area contributed by atoms with Gasteiger partial charge in [0.05, 0.1) is 6.61 Å². The smallest absolute Gasteiger partial charge is 0.409 e. The molecule has 2 amide bonds. The lowest BCUT2D eigenvalue weighted by molar-refractivity contribution is 0.0468. The Morgan fingerprint density at radius 3 is 2.24 bits per heavy atom. The van der Waals surface area contributed by atoms with Crippen LogP contribution in [-0.4, -0.2) is 60.5 Å². The average molecular weight is 357 g/mol. The molecule has 1 aliphatic rings. The number of alkyl carbamates (subject to hydrolysis) is 1. The van der Waals surface area contributed by atoms with Crippen LogP contribution in [0.3, 0.4) is 0 Å². The quantitative estimate of drug-likeness (QED) is 0.764. The average Bonchev–Trinajstić information content (AvgIpc) is 2.45. The number of piperidine rings is 1. The lowest BCUT2D eigenvalue weighted by Gasteiger charge is -2.33. The second kappa shape index (κ2) is 9.27. The van der Waals surface area contributed by atoms with Gasteiger partial charge in [0.2, 0.25) is 0 Å². The van der Waals surface area contributed by atoms with Crippen molar-refractivity contribution in [1.82, 2.24) is 15.5 Å². The summed E-state index contributed by atoms with van der Waals surface area (Å²) in [7, 11) is 0. The lowest BCUT2D eigenvalue weighted by atomic mass is 9.99. The molecule has 0 radical (unpaired) electrons. The Hall–Kier alpha value is -1.50. The number of carbonyl (C=O) groups excluding carboxylic acids is 2. The SMILES string of the molecule is CCOC(=O)N1CCC(NCCC(C)(C)NC(=O)OC(C)(C)C)CC1. The number of hydrogen-bond donors (Lipinski definition) is 2. The van der Waals surface area contributed by atoms with Crippen molar-refractivity contribution in [2.75, 3.05) is 26.2 Å². The van der Waals surface area contributed by atoms with Crippen LogP contribution >= 0.6 is 0 Å². The number of nitrogens with zero attached hydrogens (tertiary/aromatic N) is 1. The van der Waals surface area contributed by atoms with Crippen molar-refractivity contribution in [2.24, 2.45) is 0 Å². The summed E-state index contributed by atoms with van der Waals surface area (Å²) in [5.74, 6) is 0.